The number of nitrogens with zero attached hydrogens (tertiary/aromatic N) is 1. The van der Waals surface area contributed by atoms with Crippen molar-refractivity contribution < 1.29 is 37.3 Å². The van der Waals surface area contributed by atoms with Gasteiger partial charge in [0, 0.05) is 13.0 Å². The number of rotatable bonds is 46. The van der Waals surface area contributed by atoms with E-state index in [1.54, 1.807) is 0 Å². The molecule has 0 rings (SSSR count). The van der Waals surface area contributed by atoms with E-state index in [2.05, 4.69) is 74.6 Å². The van der Waals surface area contributed by atoms with Crippen molar-refractivity contribution in [1.29, 1.82) is 0 Å². The Morgan fingerprint density at radius 2 is 0.934 bits per heavy atom. The number of likely N-dealkylation sites (N-methyl/N-ethyl adjacent to an activating group) is 1. The lowest BCUT2D eigenvalue weighted by Gasteiger charge is -2.24. The molecule has 2 unspecified atom stereocenters. The van der Waals surface area contributed by atoms with E-state index in [1.807, 2.05) is 21.1 Å². The van der Waals surface area contributed by atoms with Crippen molar-refractivity contribution in [2.75, 3.05) is 54.1 Å². The molecular formula is C52H97NO7P+. The van der Waals surface area contributed by atoms with Crippen LogP contribution < -0.4 is 0 Å². The minimum Gasteiger partial charge on any atom is -0.457 e. The lowest BCUT2D eigenvalue weighted by atomic mass is 10.0. The quantitative estimate of drug-likeness (QED) is 0.0214. The van der Waals surface area contributed by atoms with Crippen molar-refractivity contribution in [2.45, 2.75) is 213 Å². The molecule has 0 aromatic carbocycles. The normalized spacial score (nSPS) is 14.1. The maximum absolute atomic E-state index is 12.7. The monoisotopic (exact) mass is 879 g/mol. The van der Waals surface area contributed by atoms with Gasteiger partial charge < -0.3 is 18.9 Å². The number of hydrogen-bond donors (Lipinski definition) is 1. The third-order valence-electron chi connectivity index (χ3n) is 10.6. The highest BCUT2D eigenvalue weighted by Gasteiger charge is 2.26. The fourth-order valence-electron chi connectivity index (χ4n) is 6.77. The summed E-state index contributed by atoms with van der Waals surface area (Å²) in [4.78, 5) is 22.9. The van der Waals surface area contributed by atoms with Gasteiger partial charge in [0.1, 0.15) is 19.3 Å². The van der Waals surface area contributed by atoms with E-state index >= 15 is 0 Å². The minimum absolute atomic E-state index is 0.0769. The lowest BCUT2D eigenvalue weighted by molar-refractivity contribution is -0.870. The van der Waals surface area contributed by atoms with Crippen LogP contribution in [-0.2, 0) is 27.9 Å². The lowest BCUT2D eigenvalue weighted by Crippen LogP contribution is -2.37. The number of quaternary nitrogens is 1. The van der Waals surface area contributed by atoms with Crippen molar-refractivity contribution in [3.8, 4) is 0 Å². The van der Waals surface area contributed by atoms with Crippen LogP contribution in [0.25, 0.3) is 0 Å². The Morgan fingerprint density at radius 1 is 0.525 bits per heavy atom. The molecule has 1 N–H and O–H groups in total. The third-order valence-corrected chi connectivity index (χ3v) is 11.6. The van der Waals surface area contributed by atoms with Crippen LogP contribution in [0.5, 0.6) is 0 Å². The van der Waals surface area contributed by atoms with E-state index in [0.717, 1.165) is 51.4 Å². The molecule has 0 spiro atoms. The van der Waals surface area contributed by atoms with Crippen LogP contribution in [-0.4, -0.2) is 75.6 Å². The Bertz CT molecular complexity index is 1160. The van der Waals surface area contributed by atoms with Crippen LogP contribution >= 0.6 is 7.82 Å². The Balaban J connectivity index is 4.20. The molecule has 0 saturated carbocycles. The summed E-state index contributed by atoms with van der Waals surface area (Å²) >= 11 is 0. The molecule has 0 saturated heterocycles. The molecule has 0 amide bonds. The smallest absolute Gasteiger partial charge is 0.457 e. The van der Waals surface area contributed by atoms with Crippen LogP contribution in [0.1, 0.15) is 206 Å². The van der Waals surface area contributed by atoms with E-state index in [0.29, 0.717) is 24.1 Å². The van der Waals surface area contributed by atoms with Gasteiger partial charge in [0.25, 0.3) is 0 Å². The van der Waals surface area contributed by atoms with E-state index in [9.17, 15) is 14.3 Å². The minimum atomic E-state index is -4.30. The van der Waals surface area contributed by atoms with Crippen LogP contribution in [0.4, 0.5) is 0 Å². The van der Waals surface area contributed by atoms with E-state index in [-0.39, 0.29) is 32.2 Å². The first kappa shape index (κ1) is 59.2. The maximum Gasteiger partial charge on any atom is 0.472 e. The highest BCUT2D eigenvalue weighted by atomic mass is 31.2. The summed E-state index contributed by atoms with van der Waals surface area (Å²) in [6.45, 7) is 5.45. The largest absolute Gasteiger partial charge is 0.472 e. The van der Waals surface area contributed by atoms with Crippen molar-refractivity contribution in [1.82, 2.24) is 0 Å². The van der Waals surface area contributed by atoms with E-state index < -0.39 is 13.9 Å². The first-order chi connectivity index (χ1) is 29.6. The molecule has 0 aromatic heterocycles. The molecule has 0 radical (unpaired) electrons. The van der Waals surface area contributed by atoms with Crippen molar-refractivity contribution in [2.24, 2.45) is 0 Å². The molecule has 0 aromatic rings. The van der Waals surface area contributed by atoms with Gasteiger partial charge >= 0.3 is 13.8 Å². The van der Waals surface area contributed by atoms with Crippen LogP contribution in [0.3, 0.4) is 0 Å². The number of hydrogen-bond acceptors (Lipinski definition) is 6. The fourth-order valence-corrected chi connectivity index (χ4v) is 7.51. The zero-order valence-electron chi connectivity index (χ0n) is 40.4. The second kappa shape index (κ2) is 44.8. The van der Waals surface area contributed by atoms with E-state index in [4.69, 9.17) is 18.5 Å². The number of carbonyl (C=O) groups is 1. The van der Waals surface area contributed by atoms with Gasteiger partial charge in [-0.25, -0.2) is 4.57 Å². The molecule has 0 aliphatic rings. The van der Waals surface area contributed by atoms with Crippen LogP contribution in [0, 0.1) is 0 Å². The summed E-state index contributed by atoms with van der Waals surface area (Å²) in [6.07, 6.45) is 57.1. The number of ether oxygens (including phenoxy) is 2. The molecule has 356 valence electrons. The fraction of sp³-hybridized carbons (Fsp3) is 0.788. The van der Waals surface area contributed by atoms with E-state index in [1.165, 1.54) is 128 Å². The molecule has 0 bridgehead atoms. The van der Waals surface area contributed by atoms with Gasteiger partial charge in [-0.05, 0) is 51.4 Å². The topological polar surface area (TPSA) is 91.3 Å². The number of unbranched alkanes of at least 4 members (excludes halogenated alkanes) is 22. The van der Waals surface area contributed by atoms with Gasteiger partial charge in [-0.1, -0.05) is 209 Å². The predicted molar refractivity (Wildman–Crippen MR) is 261 cm³/mol. The van der Waals surface area contributed by atoms with Crippen LogP contribution in [0.15, 0.2) is 60.8 Å². The third kappa shape index (κ3) is 49.1. The summed E-state index contributed by atoms with van der Waals surface area (Å²) in [5, 5.41) is 0. The summed E-state index contributed by atoms with van der Waals surface area (Å²) in [5.74, 6) is -0.368. The van der Waals surface area contributed by atoms with Gasteiger partial charge in [0.05, 0.1) is 34.4 Å². The second-order valence-electron chi connectivity index (χ2n) is 17.8. The van der Waals surface area contributed by atoms with Crippen molar-refractivity contribution >= 4 is 13.8 Å². The number of phosphoric acid groups is 1. The number of allylic oxidation sites excluding steroid dienone is 10. The zero-order valence-corrected chi connectivity index (χ0v) is 41.3. The second-order valence-corrected chi connectivity index (χ2v) is 19.3. The Kier molecular flexibility index (Phi) is 43.5. The summed E-state index contributed by atoms with van der Waals surface area (Å²) in [7, 11) is 1.63. The molecule has 0 aliphatic heterocycles. The Labute approximate surface area is 377 Å². The van der Waals surface area contributed by atoms with Gasteiger partial charge in [0.15, 0.2) is 0 Å². The molecule has 0 aliphatic carbocycles. The first-order valence-electron chi connectivity index (χ1n) is 25.0. The summed E-state index contributed by atoms with van der Waals surface area (Å²) in [5.41, 5.74) is 0. The summed E-state index contributed by atoms with van der Waals surface area (Å²) in [6, 6.07) is 0. The molecule has 9 heteroatoms. The predicted octanol–water partition coefficient (Wildman–Crippen LogP) is 15.3. The Morgan fingerprint density at radius 3 is 1.36 bits per heavy atom. The summed E-state index contributed by atoms with van der Waals surface area (Å²) < 4.78 is 35.0. The highest BCUT2D eigenvalue weighted by Crippen LogP contribution is 2.43. The number of carbonyl (C=O) groups excluding carboxylic acids is 1. The Hall–Kier alpha value is -1.80. The standard InChI is InChI=1S/C52H96NO7P/c1-6-8-10-12-14-16-18-20-22-24-25-26-27-28-30-32-34-36-38-40-42-44-47-57-49-51(50-59-61(55,56)58-48-46-53(3,4)5)60-52(54)45-43-41-39-37-35-33-31-29-23-21-19-17-15-13-11-9-7-2/h9,11,15,17,21,23,31,33,37,39,51H,6-8,10,12-14,16,18-20,22,24-30,32,34-36,38,40-50H2,1-5H3/p+1/b11-9-,17-15-,23-21-,33-31-,39-37-. The number of phosphoric ester groups is 1. The van der Waals surface area contributed by atoms with Gasteiger partial charge in [-0.2, -0.15) is 0 Å². The maximum atomic E-state index is 12.7. The molecule has 0 heterocycles. The molecular weight excluding hydrogens is 782 g/mol. The van der Waals surface area contributed by atoms with Gasteiger partial charge in [0.2, 0.25) is 0 Å². The SMILES string of the molecule is CC/C=C\C/C=C\C/C=C\C/C=C\C/C=C\CCCC(=O)OC(COCCCCCCCCCCCCCCCCCCCCCCCC)COP(=O)(O)OCC[N+](C)(C)C. The van der Waals surface area contributed by atoms with Crippen molar-refractivity contribution in [3.63, 3.8) is 0 Å². The molecule has 8 nitrogen and oxygen atoms in total. The average molecular weight is 879 g/mol. The first-order valence-corrected chi connectivity index (χ1v) is 26.5. The molecule has 0 fully saturated rings. The van der Waals surface area contributed by atoms with Gasteiger partial charge in [-0.3, -0.25) is 13.8 Å². The highest BCUT2D eigenvalue weighted by molar-refractivity contribution is 7.47. The molecule has 2 atom stereocenters. The van der Waals surface area contributed by atoms with Crippen LogP contribution in [0.2, 0.25) is 0 Å². The van der Waals surface area contributed by atoms with Crippen molar-refractivity contribution in [3.05, 3.63) is 60.8 Å². The van der Waals surface area contributed by atoms with Gasteiger partial charge in [-0.15, -0.1) is 0 Å². The average Bonchev–Trinajstić information content (AvgIpc) is 3.22. The number of esters is 1. The molecule has 61 heavy (non-hydrogen) atoms. The zero-order chi connectivity index (χ0) is 44.8.